The Bertz CT molecular complexity index is 1270. The van der Waals surface area contributed by atoms with E-state index in [4.69, 9.17) is 4.74 Å². The number of amidine groups is 1. The number of benzene rings is 3. The Morgan fingerprint density at radius 3 is 2.31 bits per heavy atom. The molecule has 4 rings (SSSR count). The van der Waals surface area contributed by atoms with E-state index in [9.17, 15) is 22.8 Å². The quantitative estimate of drug-likeness (QED) is 0.564. The molecule has 1 aliphatic heterocycles. The van der Waals surface area contributed by atoms with Gasteiger partial charge in [-0.25, -0.2) is 4.99 Å². The zero-order valence-corrected chi connectivity index (χ0v) is 19.0. The molecule has 6 nitrogen and oxygen atoms in total. The number of alkyl halides is 3. The third kappa shape index (κ3) is 4.62. The number of halogens is 3. The van der Waals surface area contributed by atoms with Gasteiger partial charge >= 0.3 is 11.8 Å². The van der Waals surface area contributed by atoms with E-state index in [1.165, 1.54) is 19.2 Å². The van der Waals surface area contributed by atoms with Crippen molar-refractivity contribution in [2.75, 3.05) is 7.11 Å². The Morgan fingerprint density at radius 1 is 1.03 bits per heavy atom. The lowest BCUT2D eigenvalue weighted by molar-refractivity contribution is -0.196. The number of ether oxygens (including phenoxy) is 1. The van der Waals surface area contributed by atoms with Crippen LogP contribution in [0.15, 0.2) is 83.9 Å². The van der Waals surface area contributed by atoms with Crippen LogP contribution in [-0.2, 0) is 11.3 Å². The lowest BCUT2D eigenvalue weighted by Gasteiger charge is -2.29. The van der Waals surface area contributed by atoms with Gasteiger partial charge in [0.2, 0.25) is 0 Å². The Balaban J connectivity index is 1.78. The molecule has 9 heteroatoms. The summed E-state index contributed by atoms with van der Waals surface area (Å²) in [6.45, 7) is 1.52. The van der Waals surface area contributed by atoms with Gasteiger partial charge in [-0.2, -0.15) is 13.2 Å². The average molecular weight is 481 g/mol. The second-order valence-corrected chi connectivity index (χ2v) is 8.07. The monoisotopic (exact) mass is 481 g/mol. The molecule has 3 aromatic rings. The van der Waals surface area contributed by atoms with Crippen LogP contribution in [0.5, 0.6) is 5.75 Å². The van der Waals surface area contributed by atoms with Crippen LogP contribution < -0.4 is 10.1 Å². The summed E-state index contributed by atoms with van der Waals surface area (Å²) in [6.07, 6.45) is -5.20. The Kier molecular flexibility index (Phi) is 6.34. The fourth-order valence-corrected chi connectivity index (χ4v) is 3.79. The minimum atomic E-state index is -5.20. The summed E-state index contributed by atoms with van der Waals surface area (Å²) in [5.74, 6) is -2.07. The van der Waals surface area contributed by atoms with Crippen molar-refractivity contribution in [3.05, 3.63) is 101 Å². The molecule has 180 valence electrons. The first-order chi connectivity index (χ1) is 16.6. The maximum atomic E-state index is 14.5. The maximum Gasteiger partial charge on any atom is 0.442 e. The number of nitrogens with zero attached hydrogens (tertiary/aromatic N) is 2. The molecule has 0 bridgehead atoms. The molecule has 0 saturated heterocycles. The summed E-state index contributed by atoms with van der Waals surface area (Å²) in [6, 6.07) is 20.7. The fourth-order valence-electron chi connectivity index (χ4n) is 3.79. The molecule has 0 aromatic heterocycles. The predicted molar refractivity (Wildman–Crippen MR) is 124 cm³/mol. The molecular weight excluding hydrogens is 459 g/mol. The molecule has 0 fully saturated rings. The summed E-state index contributed by atoms with van der Waals surface area (Å²) in [4.78, 5) is 31.1. The van der Waals surface area contributed by atoms with Gasteiger partial charge in [-0.15, -0.1) is 0 Å². The van der Waals surface area contributed by atoms with E-state index in [0.29, 0.717) is 22.4 Å². The van der Waals surface area contributed by atoms with E-state index in [2.05, 4.69) is 4.99 Å². The summed E-state index contributed by atoms with van der Waals surface area (Å²) < 4.78 is 48.7. The number of carbonyl (C=O) groups excluding carboxylic acids is 2. The van der Waals surface area contributed by atoms with Gasteiger partial charge in [-0.05, 0) is 36.8 Å². The van der Waals surface area contributed by atoms with Crippen LogP contribution >= 0.6 is 0 Å². The van der Waals surface area contributed by atoms with Crippen molar-refractivity contribution in [1.82, 2.24) is 10.2 Å². The van der Waals surface area contributed by atoms with E-state index in [0.717, 1.165) is 4.90 Å². The van der Waals surface area contributed by atoms with Crippen LogP contribution in [0.1, 0.15) is 27.0 Å². The molecule has 35 heavy (non-hydrogen) atoms. The minimum absolute atomic E-state index is 0.00788. The first-order valence-electron chi connectivity index (χ1n) is 10.7. The van der Waals surface area contributed by atoms with Crippen molar-refractivity contribution in [2.45, 2.75) is 25.3 Å². The molecule has 0 aliphatic carbocycles. The van der Waals surface area contributed by atoms with Crippen LogP contribution in [0.25, 0.3) is 0 Å². The molecule has 0 radical (unpaired) electrons. The van der Waals surface area contributed by atoms with E-state index < -0.39 is 23.7 Å². The number of aryl methyl sites for hydroxylation is 1. The Morgan fingerprint density at radius 2 is 1.71 bits per heavy atom. The van der Waals surface area contributed by atoms with Crippen molar-refractivity contribution in [1.29, 1.82) is 0 Å². The van der Waals surface area contributed by atoms with Gasteiger partial charge in [0, 0.05) is 11.1 Å². The highest BCUT2D eigenvalue weighted by molar-refractivity contribution is 6.16. The summed E-state index contributed by atoms with van der Waals surface area (Å²) in [5, 5.41) is 1.90. The standard InChI is InChI=1S/C26H22F3N3O3/c1-17-7-6-10-20(15-17)23(33)31-25(26(27,28)29)24(34)32(16-18-11-13-21(35-2)14-12-18)22(30-25)19-8-4-3-5-9-19/h3-15H,16H2,1-2H3,(H,31,33)/t25-/m1/s1. The fraction of sp³-hybridized carbons (Fsp3) is 0.192. The highest BCUT2D eigenvalue weighted by Crippen LogP contribution is 2.39. The number of carbonyl (C=O) groups is 2. The van der Waals surface area contributed by atoms with E-state index in [1.54, 1.807) is 73.7 Å². The maximum absolute atomic E-state index is 14.5. The highest BCUT2D eigenvalue weighted by atomic mass is 19.4. The van der Waals surface area contributed by atoms with Crippen LogP contribution in [0.3, 0.4) is 0 Å². The SMILES string of the molecule is COc1ccc(CN2C(=O)[C@@](NC(=O)c3cccc(C)c3)(C(F)(F)F)N=C2c2ccccc2)cc1. The topological polar surface area (TPSA) is 71.0 Å². The summed E-state index contributed by atoms with van der Waals surface area (Å²) >= 11 is 0. The summed E-state index contributed by atoms with van der Waals surface area (Å²) in [5.41, 5.74) is -1.92. The van der Waals surface area contributed by atoms with Gasteiger partial charge in [0.05, 0.1) is 13.7 Å². The molecule has 3 aromatic carbocycles. The first kappa shape index (κ1) is 24.0. The largest absolute Gasteiger partial charge is 0.497 e. The molecule has 1 aliphatic rings. The number of hydrogen-bond donors (Lipinski definition) is 1. The van der Waals surface area contributed by atoms with E-state index in [1.807, 2.05) is 5.32 Å². The number of hydrogen-bond acceptors (Lipinski definition) is 4. The van der Waals surface area contributed by atoms with Crippen LogP contribution in [0.2, 0.25) is 0 Å². The molecule has 0 unspecified atom stereocenters. The Labute approximate surface area is 200 Å². The van der Waals surface area contributed by atoms with Gasteiger partial charge in [0.1, 0.15) is 11.6 Å². The molecule has 1 atom stereocenters. The average Bonchev–Trinajstić information content (AvgIpc) is 3.12. The predicted octanol–water partition coefficient (Wildman–Crippen LogP) is 4.48. The van der Waals surface area contributed by atoms with Gasteiger partial charge in [0.25, 0.3) is 11.8 Å². The first-order valence-corrected chi connectivity index (χ1v) is 10.7. The number of aliphatic imine (C=N–C) groups is 1. The molecular formula is C26H22F3N3O3. The van der Waals surface area contributed by atoms with Crippen LogP contribution in [0, 0.1) is 6.92 Å². The van der Waals surface area contributed by atoms with Crippen molar-refractivity contribution in [3.63, 3.8) is 0 Å². The second kappa shape index (κ2) is 9.25. The number of methoxy groups -OCH3 is 1. The highest BCUT2D eigenvalue weighted by Gasteiger charge is 2.67. The minimum Gasteiger partial charge on any atom is -0.497 e. The van der Waals surface area contributed by atoms with Gasteiger partial charge in [-0.3, -0.25) is 14.5 Å². The number of rotatable bonds is 6. The van der Waals surface area contributed by atoms with Crippen LogP contribution in [-0.4, -0.2) is 41.5 Å². The molecule has 2 amide bonds. The summed E-state index contributed by atoms with van der Waals surface area (Å²) in [7, 11) is 1.49. The van der Waals surface area contributed by atoms with Crippen molar-refractivity contribution >= 4 is 17.6 Å². The third-order valence-corrected chi connectivity index (χ3v) is 5.60. The third-order valence-electron chi connectivity index (χ3n) is 5.60. The Hall–Kier alpha value is -4.14. The zero-order chi connectivity index (χ0) is 25.2. The molecule has 1 heterocycles. The van der Waals surface area contributed by atoms with Gasteiger partial charge in [-0.1, -0.05) is 60.2 Å². The lowest BCUT2D eigenvalue weighted by atomic mass is 10.1. The molecule has 0 spiro atoms. The zero-order valence-electron chi connectivity index (χ0n) is 19.0. The van der Waals surface area contributed by atoms with Crippen molar-refractivity contribution in [3.8, 4) is 5.75 Å². The van der Waals surface area contributed by atoms with Gasteiger partial charge in [0.15, 0.2) is 0 Å². The van der Waals surface area contributed by atoms with Crippen molar-refractivity contribution < 1.29 is 27.5 Å². The van der Waals surface area contributed by atoms with Crippen molar-refractivity contribution in [2.24, 2.45) is 4.99 Å². The number of nitrogens with one attached hydrogen (secondary N) is 1. The molecule has 1 N–H and O–H groups in total. The van der Waals surface area contributed by atoms with Gasteiger partial charge < -0.3 is 10.1 Å². The van der Waals surface area contributed by atoms with Crippen LogP contribution in [0.4, 0.5) is 13.2 Å². The van der Waals surface area contributed by atoms with E-state index in [-0.39, 0.29) is 17.9 Å². The normalized spacial score (nSPS) is 17.8. The molecule has 0 saturated carbocycles. The lowest BCUT2D eigenvalue weighted by Crippen LogP contribution is -2.63. The number of amides is 2. The smallest absolute Gasteiger partial charge is 0.442 e. The second-order valence-electron chi connectivity index (χ2n) is 8.07. The van der Waals surface area contributed by atoms with E-state index >= 15 is 0 Å².